The third-order valence-electron chi connectivity index (χ3n) is 7.26. The van der Waals surface area contributed by atoms with Crippen LogP contribution in [0.15, 0.2) is 36.4 Å². The molecule has 3 atom stereocenters. The highest BCUT2D eigenvalue weighted by molar-refractivity contribution is 6.67. The molecule has 51 heavy (non-hydrogen) atoms. The number of carbonyl (C=O) groups excluding carboxylic acids is 5. The van der Waals surface area contributed by atoms with Gasteiger partial charge in [-0.1, -0.05) is 72.1 Å². The molecule has 2 heterocycles. The summed E-state index contributed by atoms with van der Waals surface area (Å²) in [6.07, 6.45) is 3.41. The molecule has 13 nitrogen and oxygen atoms in total. The van der Waals surface area contributed by atoms with Crippen LogP contribution in [0.4, 0.5) is 4.79 Å². The molecule has 3 amide bonds. The number of alkyl halides is 3. The molecule has 282 valence electrons. The van der Waals surface area contributed by atoms with Crippen molar-refractivity contribution >= 4 is 81.6 Å². The molecule has 16 heteroatoms. The Morgan fingerprint density at radius 2 is 1.73 bits per heavy atom. The number of benzene rings is 1. The van der Waals surface area contributed by atoms with Crippen molar-refractivity contribution in [1.82, 2.24) is 20.7 Å². The maximum Gasteiger partial charge on any atom is 0.405 e. The van der Waals surface area contributed by atoms with Gasteiger partial charge in [-0.25, -0.2) is 10.2 Å². The molecule has 0 bridgehead atoms. The van der Waals surface area contributed by atoms with Gasteiger partial charge in [0.1, 0.15) is 24.3 Å². The van der Waals surface area contributed by atoms with E-state index in [9.17, 15) is 24.0 Å². The summed E-state index contributed by atoms with van der Waals surface area (Å²) in [5.41, 5.74) is 8.76. The van der Waals surface area contributed by atoms with Crippen LogP contribution in [0.1, 0.15) is 79.5 Å². The second-order valence-corrected chi connectivity index (χ2v) is 16.0. The maximum absolute atomic E-state index is 13.0. The number of hydrogen-bond acceptors (Lipinski definition) is 10. The van der Waals surface area contributed by atoms with Gasteiger partial charge in [0, 0.05) is 17.6 Å². The first kappa shape index (κ1) is 43.5. The van der Waals surface area contributed by atoms with Gasteiger partial charge < -0.3 is 25.3 Å². The average Bonchev–Trinajstić information content (AvgIpc) is 3.04. The number of hydrazine groups is 1. The van der Waals surface area contributed by atoms with E-state index in [1.165, 1.54) is 18.9 Å². The zero-order valence-corrected chi connectivity index (χ0v) is 32.4. The minimum absolute atomic E-state index is 0.311. The van der Waals surface area contributed by atoms with E-state index in [2.05, 4.69) is 20.5 Å². The van der Waals surface area contributed by atoms with Gasteiger partial charge >= 0.3 is 18.0 Å². The minimum Gasteiger partial charge on any atom is -0.460 e. The van der Waals surface area contributed by atoms with Crippen LogP contribution in [-0.4, -0.2) is 80.6 Å². The molecule has 0 aliphatic carbocycles. The van der Waals surface area contributed by atoms with E-state index in [-0.39, 0.29) is 0 Å². The number of ether oxygens (including phenoxy) is 3. The molecule has 0 saturated carbocycles. The summed E-state index contributed by atoms with van der Waals surface area (Å²) >= 11 is 16.9. The number of rotatable bonds is 10. The van der Waals surface area contributed by atoms with E-state index in [0.717, 1.165) is 28.6 Å². The summed E-state index contributed by atoms with van der Waals surface area (Å²) in [5, 5.41) is 4.83. The van der Waals surface area contributed by atoms with E-state index < -0.39 is 69.4 Å². The Morgan fingerprint density at radius 1 is 1.08 bits per heavy atom. The van der Waals surface area contributed by atoms with Crippen molar-refractivity contribution in [2.45, 2.75) is 102 Å². The molecular weight excluding hydrogens is 725 g/mol. The van der Waals surface area contributed by atoms with E-state index in [1.807, 2.05) is 43.3 Å². The zero-order valence-electron chi connectivity index (χ0n) is 30.2. The minimum atomic E-state index is -1.75. The number of aromatic nitrogens is 1. The van der Waals surface area contributed by atoms with Crippen molar-refractivity contribution in [1.29, 1.82) is 0 Å². The lowest BCUT2D eigenvalue weighted by Crippen LogP contribution is -2.60. The lowest BCUT2D eigenvalue weighted by molar-refractivity contribution is -0.161. The summed E-state index contributed by atoms with van der Waals surface area (Å²) in [6, 6.07) is 8.11. The van der Waals surface area contributed by atoms with Gasteiger partial charge in [-0.2, -0.15) is 0 Å². The molecule has 3 rings (SSSR count). The highest BCUT2D eigenvalue weighted by Crippen LogP contribution is 2.26. The van der Waals surface area contributed by atoms with Crippen molar-refractivity contribution in [2.75, 3.05) is 13.2 Å². The molecule has 1 aromatic heterocycles. The molecule has 1 aliphatic rings. The van der Waals surface area contributed by atoms with Gasteiger partial charge in [-0.05, 0) is 85.4 Å². The Morgan fingerprint density at radius 3 is 2.29 bits per heavy atom. The third-order valence-corrected chi connectivity index (χ3v) is 7.59. The third kappa shape index (κ3) is 15.2. The van der Waals surface area contributed by atoms with Gasteiger partial charge in [0.2, 0.25) is 3.79 Å². The molecule has 0 spiro atoms. The van der Waals surface area contributed by atoms with Crippen molar-refractivity contribution in [3.8, 4) is 0 Å². The maximum atomic E-state index is 13.0. The van der Waals surface area contributed by atoms with Crippen LogP contribution < -0.4 is 16.5 Å². The Bertz CT molecular complexity index is 1590. The molecule has 3 unspecified atom stereocenters. The van der Waals surface area contributed by atoms with Gasteiger partial charge in [-0.3, -0.25) is 29.2 Å². The van der Waals surface area contributed by atoms with Crippen LogP contribution >= 0.6 is 34.8 Å². The molecule has 1 fully saturated rings. The van der Waals surface area contributed by atoms with Crippen molar-refractivity contribution in [3.05, 3.63) is 47.7 Å². The van der Waals surface area contributed by atoms with Gasteiger partial charge in [0.05, 0.1) is 10.9 Å². The molecule has 4 N–H and O–H groups in total. The molecule has 1 aliphatic heterocycles. The molecule has 1 aromatic carbocycles. The van der Waals surface area contributed by atoms with E-state index in [1.54, 1.807) is 40.7 Å². The van der Waals surface area contributed by atoms with Crippen LogP contribution in [0, 0.1) is 5.41 Å². The van der Waals surface area contributed by atoms with E-state index >= 15 is 0 Å². The van der Waals surface area contributed by atoms with Gasteiger partial charge in [0.15, 0.2) is 6.10 Å². The van der Waals surface area contributed by atoms with Crippen LogP contribution in [-0.2, 0) is 39.8 Å². The first-order chi connectivity index (χ1) is 23.5. The van der Waals surface area contributed by atoms with Crippen LogP contribution in [0.5, 0.6) is 0 Å². The number of carbonyl (C=O) groups is 5. The summed E-state index contributed by atoms with van der Waals surface area (Å²) in [4.78, 5) is 65.7. The number of aryl methyl sites for hydroxylation is 1. The number of fused-ring (bicyclic) bond motifs is 1. The predicted molar refractivity (Wildman–Crippen MR) is 197 cm³/mol. The number of primary amides is 1. The van der Waals surface area contributed by atoms with Crippen LogP contribution in [0.2, 0.25) is 0 Å². The summed E-state index contributed by atoms with van der Waals surface area (Å²) < 4.78 is 13.3. The predicted octanol–water partition coefficient (Wildman–Crippen LogP) is 5.56. The van der Waals surface area contributed by atoms with E-state index in [0.29, 0.717) is 19.4 Å². The number of hydrogen-bond donors (Lipinski definition) is 3. The standard InChI is InChI=1S/C30H37Cl3N4O6.C5H11NO2/c1-6-22-12-11-21-10-9-20(16-24(21)35-22)13-14-29(4,5)28(41)43-19(3)25(38)34-18(2)26(39)37-15-7-8-23(36-37)27(40)42-17-30(31,32)33;1-5(2,3)8-4(6)7/h9-14,16,18-19,23,36H,6-8,15,17H2,1-5H3,(H,34,38);1-3H3,(H2,6,7)/b14-13+;. The van der Waals surface area contributed by atoms with E-state index in [4.69, 9.17) is 50.0 Å². The quantitative estimate of drug-likeness (QED) is 0.157. The topological polar surface area (TPSA) is 179 Å². The fraction of sp³-hybridized carbons (Fsp3) is 0.543. The fourth-order valence-electron chi connectivity index (χ4n) is 4.51. The molecule has 1 saturated heterocycles. The van der Waals surface area contributed by atoms with Crippen molar-refractivity contribution in [3.63, 3.8) is 0 Å². The number of amides is 3. The van der Waals surface area contributed by atoms with Crippen LogP contribution in [0.3, 0.4) is 0 Å². The average molecular weight is 773 g/mol. The number of nitrogens with zero attached hydrogens (tertiary/aromatic N) is 2. The molecule has 2 aromatic rings. The smallest absolute Gasteiger partial charge is 0.405 e. The summed E-state index contributed by atoms with van der Waals surface area (Å²) in [7, 11) is 0. The second-order valence-electron chi connectivity index (χ2n) is 13.5. The highest BCUT2D eigenvalue weighted by Gasteiger charge is 2.34. The SMILES string of the molecule is CC(C)(C)OC(N)=O.CCc1ccc2ccc(/C=C/C(C)(C)C(=O)OC(C)C(=O)NC(C)C(=O)N3CCCC(C(=O)OCC(Cl)(Cl)Cl)N3)cc2n1. The number of esters is 2. The fourth-order valence-corrected chi connectivity index (χ4v) is 4.68. The second kappa shape index (κ2) is 18.7. The van der Waals surface area contributed by atoms with Gasteiger partial charge in [-0.15, -0.1) is 0 Å². The Kier molecular flexibility index (Phi) is 16.0. The van der Waals surface area contributed by atoms with Crippen molar-refractivity contribution in [2.24, 2.45) is 11.1 Å². The summed E-state index contributed by atoms with van der Waals surface area (Å²) in [6.45, 7) is 13.5. The molecule has 0 radical (unpaired) electrons. The number of nitrogens with one attached hydrogen (secondary N) is 2. The Labute approximate surface area is 313 Å². The zero-order chi connectivity index (χ0) is 38.7. The largest absolute Gasteiger partial charge is 0.460 e. The van der Waals surface area contributed by atoms with Crippen LogP contribution in [0.25, 0.3) is 17.0 Å². The number of nitrogens with two attached hydrogens (primary N) is 1. The first-order valence-electron chi connectivity index (χ1n) is 16.4. The Hall–Kier alpha value is -3.65. The van der Waals surface area contributed by atoms with Gasteiger partial charge in [0.25, 0.3) is 11.8 Å². The first-order valence-corrected chi connectivity index (χ1v) is 17.5. The molecular formula is C35H48Cl3N5O8. The normalized spacial score (nSPS) is 16.4. The summed E-state index contributed by atoms with van der Waals surface area (Å²) in [5.74, 6) is -2.39. The number of pyridine rings is 1. The van der Waals surface area contributed by atoms with Crippen molar-refractivity contribution < 1.29 is 38.2 Å². The Balaban J connectivity index is 0.00000100. The monoisotopic (exact) mass is 771 g/mol. The highest BCUT2D eigenvalue weighted by atomic mass is 35.6. The number of halogens is 3. The lowest BCUT2D eigenvalue weighted by atomic mass is 9.92. The lowest BCUT2D eigenvalue weighted by Gasteiger charge is -2.34.